The first-order valence-electron chi connectivity index (χ1n) is 11.5. The summed E-state index contributed by atoms with van der Waals surface area (Å²) in [5.74, 6) is 0.636. The molecule has 2 aliphatic heterocycles. The molecule has 2 aliphatic rings. The summed E-state index contributed by atoms with van der Waals surface area (Å²) in [4.78, 5) is 33.6. The Morgan fingerprint density at radius 1 is 1.06 bits per heavy atom. The maximum atomic E-state index is 12.6. The van der Waals surface area contributed by atoms with E-state index in [4.69, 9.17) is 10.5 Å². The highest BCUT2D eigenvalue weighted by atomic mass is 16.6. The van der Waals surface area contributed by atoms with Gasteiger partial charge < -0.3 is 25.6 Å². The van der Waals surface area contributed by atoms with E-state index in [1.165, 1.54) is 0 Å². The van der Waals surface area contributed by atoms with E-state index in [1.807, 2.05) is 43.9 Å². The number of nitrogens with one attached hydrogen (secondary N) is 1. The number of hydrogen-bond donors (Lipinski definition) is 2. The van der Waals surface area contributed by atoms with E-state index in [2.05, 4.69) is 15.2 Å². The van der Waals surface area contributed by atoms with E-state index >= 15 is 0 Å². The van der Waals surface area contributed by atoms with Crippen molar-refractivity contribution in [3.8, 4) is 0 Å². The van der Waals surface area contributed by atoms with Crippen molar-refractivity contribution in [2.75, 3.05) is 42.1 Å². The van der Waals surface area contributed by atoms with E-state index in [-0.39, 0.29) is 17.4 Å². The highest BCUT2D eigenvalue weighted by Crippen LogP contribution is 2.41. The Labute approximate surface area is 195 Å². The number of ether oxygens (including phenoxy) is 1. The second-order valence-corrected chi connectivity index (χ2v) is 10.1. The molecule has 33 heavy (non-hydrogen) atoms. The first-order chi connectivity index (χ1) is 15.6. The van der Waals surface area contributed by atoms with Gasteiger partial charge in [-0.3, -0.25) is 4.79 Å². The zero-order valence-corrected chi connectivity index (χ0v) is 19.6. The quantitative estimate of drug-likeness (QED) is 0.680. The maximum Gasteiger partial charge on any atom is 0.410 e. The molecule has 1 aromatic carbocycles. The monoisotopic (exact) mass is 451 g/mol. The molecule has 0 aliphatic carbocycles. The average molecular weight is 452 g/mol. The number of nitrogen functional groups attached to an aromatic ring is 1. The van der Waals surface area contributed by atoms with Crippen LogP contribution in [0.15, 0.2) is 42.6 Å². The maximum absolute atomic E-state index is 12.6. The molecule has 176 valence electrons. The number of carbonyl (C=O) groups is 2. The van der Waals surface area contributed by atoms with Gasteiger partial charge in [-0.2, -0.15) is 0 Å². The molecule has 0 radical (unpaired) electrons. The van der Waals surface area contributed by atoms with Crippen LogP contribution in [0.3, 0.4) is 0 Å². The fourth-order valence-electron chi connectivity index (χ4n) is 4.54. The minimum absolute atomic E-state index is 0.196. The molecule has 2 aromatic rings. The Kier molecular flexibility index (Phi) is 6.19. The van der Waals surface area contributed by atoms with Crippen LogP contribution < -0.4 is 16.0 Å². The Hall–Kier alpha value is -3.29. The van der Waals surface area contributed by atoms with Gasteiger partial charge in [-0.25, -0.2) is 9.78 Å². The molecule has 8 heteroatoms. The van der Waals surface area contributed by atoms with Gasteiger partial charge in [0.2, 0.25) is 0 Å². The molecule has 0 bridgehead atoms. The van der Waals surface area contributed by atoms with Crippen LogP contribution in [0.1, 0.15) is 50.4 Å². The van der Waals surface area contributed by atoms with Crippen LogP contribution in [0, 0.1) is 5.41 Å². The summed E-state index contributed by atoms with van der Waals surface area (Å²) in [7, 11) is 0. The standard InChI is InChI=1S/C25H33N5O3/c1-24(2,3)33-23(32)29-13-10-25(11-14-29)12-15-30(17-25)21-9-8-18(16-27-21)22(31)28-20-7-5-4-6-19(20)26/h4-9,16H,10-15,17,26H2,1-3H3,(H,28,31). The van der Waals surface area contributed by atoms with Crippen LogP contribution in [0.4, 0.5) is 22.0 Å². The molecular formula is C25H33N5O3. The molecule has 3 heterocycles. The summed E-state index contributed by atoms with van der Waals surface area (Å²) in [6.07, 6.45) is 4.38. The summed E-state index contributed by atoms with van der Waals surface area (Å²) < 4.78 is 5.52. The number of nitrogens with zero attached hydrogens (tertiary/aromatic N) is 3. The predicted octanol–water partition coefficient (Wildman–Crippen LogP) is 4.14. The number of carbonyl (C=O) groups excluding carboxylic acids is 2. The Morgan fingerprint density at radius 3 is 2.39 bits per heavy atom. The molecule has 4 rings (SSSR count). The third-order valence-corrected chi connectivity index (χ3v) is 6.46. The van der Waals surface area contributed by atoms with E-state index in [9.17, 15) is 9.59 Å². The zero-order chi connectivity index (χ0) is 23.6. The smallest absolute Gasteiger partial charge is 0.410 e. The molecule has 0 saturated carbocycles. The van der Waals surface area contributed by atoms with Gasteiger partial charge in [0.15, 0.2) is 0 Å². The van der Waals surface area contributed by atoms with Crippen LogP contribution in [0.2, 0.25) is 0 Å². The normalized spacial score (nSPS) is 17.8. The zero-order valence-electron chi connectivity index (χ0n) is 19.6. The number of anilines is 3. The topological polar surface area (TPSA) is 101 Å². The van der Waals surface area contributed by atoms with Gasteiger partial charge in [0.05, 0.1) is 16.9 Å². The first kappa shape index (κ1) is 22.9. The number of aromatic nitrogens is 1. The van der Waals surface area contributed by atoms with E-state index in [0.29, 0.717) is 16.9 Å². The minimum atomic E-state index is -0.473. The second kappa shape index (κ2) is 8.92. The van der Waals surface area contributed by atoms with E-state index < -0.39 is 5.60 Å². The Bertz CT molecular complexity index is 1010. The number of para-hydroxylation sites is 2. The Balaban J connectivity index is 1.33. The number of hydrogen-bond acceptors (Lipinski definition) is 6. The van der Waals surface area contributed by atoms with E-state index in [1.54, 1.807) is 24.4 Å². The molecule has 0 unspecified atom stereocenters. The largest absolute Gasteiger partial charge is 0.444 e. The molecule has 1 spiro atoms. The number of benzene rings is 1. The lowest BCUT2D eigenvalue weighted by atomic mass is 9.78. The van der Waals surface area contributed by atoms with Crippen molar-refractivity contribution < 1.29 is 14.3 Å². The minimum Gasteiger partial charge on any atom is -0.444 e. The molecule has 1 aromatic heterocycles. The lowest BCUT2D eigenvalue weighted by Crippen LogP contribution is -2.46. The average Bonchev–Trinajstić information content (AvgIpc) is 3.18. The summed E-state index contributed by atoms with van der Waals surface area (Å²) in [5, 5.41) is 2.83. The number of rotatable bonds is 3. The summed E-state index contributed by atoms with van der Waals surface area (Å²) in [6.45, 7) is 8.95. The van der Waals surface area contributed by atoms with Gasteiger partial charge in [-0.05, 0) is 69.7 Å². The molecular weight excluding hydrogens is 418 g/mol. The number of pyridine rings is 1. The van der Waals surface area contributed by atoms with Crippen molar-refractivity contribution in [3.63, 3.8) is 0 Å². The third-order valence-electron chi connectivity index (χ3n) is 6.46. The van der Waals surface area contributed by atoms with E-state index in [0.717, 1.165) is 51.3 Å². The number of nitrogens with two attached hydrogens (primary N) is 1. The number of likely N-dealkylation sites (tertiary alicyclic amines) is 1. The molecule has 2 saturated heterocycles. The third kappa shape index (κ3) is 5.38. The van der Waals surface area contributed by atoms with Gasteiger partial charge in [0, 0.05) is 32.4 Å². The molecule has 0 atom stereocenters. The van der Waals surface area contributed by atoms with Crippen molar-refractivity contribution in [2.45, 2.75) is 45.6 Å². The van der Waals surface area contributed by atoms with Crippen molar-refractivity contribution in [1.29, 1.82) is 0 Å². The van der Waals surface area contributed by atoms with Crippen molar-refractivity contribution >= 4 is 29.2 Å². The van der Waals surface area contributed by atoms with Gasteiger partial charge in [0.25, 0.3) is 5.91 Å². The lowest BCUT2D eigenvalue weighted by Gasteiger charge is -2.39. The summed E-state index contributed by atoms with van der Waals surface area (Å²) >= 11 is 0. The van der Waals surface area contributed by atoms with Crippen LogP contribution in [0.5, 0.6) is 0 Å². The summed E-state index contributed by atoms with van der Waals surface area (Å²) in [5.41, 5.74) is 7.23. The Morgan fingerprint density at radius 2 is 1.76 bits per heavy atom. The van der Waals surface area contributed by atoms with Crippen LogP contribution >= 0.6 is 0 Å². The highest BCUT2D eigenvalue weighted by molar-refractivity contribution is 6.05. The fraction of sp³-hybridized carbons (Fsp3) is 0.480. The SMILES string of the molecule is CC(C)(C)OC(=O)N1CCC2(CC1)CCN(c1ccc(C(=O)Nc3ccccc3N)cn1)C2. The van der Waals surface area contributed by atoms with Crippen LogP contribution in [-0.4, -0.2) is 53.7 Å². The molecule has 2 amide bonds. The lowest BCUT2D eigenvalue weighted by molar-refractivity contribution is 0.0122. The predicted molar refractivity (Wildman–Crippen MR) is 129 cm³/mol. The van der Waals surface area contributed by atoms with Gasteiger partial charge in [0.1, 0.15) is 11.4 Å². The summed E-state index contributed by atoms with van der Waals surface area (Å²) in [6, 6.07) is 10.9. The van der Waals surface area contributed by atoms with Crippen molar-refractivity contribution in [1.82, 2.24) is 9.88 Å². The second-order valence-electron chi connectivity index (χ2n) is 10.1. The molecule has 3 N–H and O–H groups in total. The first-order valence-corrected chi connectivity index (χ1v) is 11.5. The number of piperidine rings is 1. The van der Waals surface area contributed by atoms with Crippen LogP contribution in [-0.2, 0) is 4.74 Å². The van der Waals surface area contributed by atoms with Crippen LogP contribution in [0.25, 0.3) is 0 Å². The molecule has 2 fully saturated rings. The van der Waals surface area contributed by atoms with Gasteiger partial charge in [-0.15, -0.1) is 0 Å². The van der Waals surface area contributed by atoms with Gasteiger partial charge >= 0.3 is 6.09 Å². The highest BCUT2D eigenvalue weighted by Gasteiger charge is 2.42. The van der Waals surface area contributed by atoms with Gasteiger partial charge in [-0.1, -0.05) is 12.1 Å². The number of amides is 2. The van der Waals surface area contributed by atoms with Crippen molar-refractivity contribution in [3.05, 3.63) is 48.2 Å². The van der Waals surface area contributed by atoms with Crippen molar-refractivity contribution in [2.24, 2.45) is 5.41 Å². The molecule has 8 nitrogen and oxygen atoms in total. The fourth-order valence-corrected chi connectivity index (χ4v) is 4.54.